The number of H-pyrrole nitrogens is 1. The summed E-state index contributed by atoms with van der Waals surface area (Å²) in [7, 11) is 0. The Kier molecular flexibility index (Phi) is 4.57. The lowest BCUT2D eigenvalue weighted by Crippen LogP contribution is -2.22. The lowest BCUT2D eigenvalue weighted by atomic mass is 9.88. The van der Waals surface area contributed by atoms with Crippen molar-refractivity contribution in [3.63, 3.8) is 0 Å². The molecule has 1 aliphatic carbocycles. The van der Waals surface area contributed by atoms with E-state index in [1.54, 1.807) is 11.3 Å². The standard InChI is InChI=1S/C25H20N2O4S/c28-23-22-16-9-3-6-12-19(16)32-24(22)27-20(26-23)13-30-25(29)21-14-7-1-4-10-17(14)31-18-11-5-2-8-15(18)21/h1-2,4-5,7-8,10-11,21H,3,6,9,12-13H2,(H,26,27,28). The molecule has 0 fully saturated rings. The van der Waals surface area contributed by atoms with Gasteiger partial charge < -0.3 is 14.5 Å². The van der Waals surface area contributed by atoms with E-state index < -0.39 is 11.9 Å². The number of benzene rings is 2. The summed E-state index contributed by atoms with van der Waals surface area (Å²) in [5, 5.41) is 0.701. The number of aromatic amines is 1. The summed E-state index contributed by atoms with van der Waals surface area (Å²) in [5.74, 6) is 0.653. The first-order valence-corrected chi connectivity index (χ1v) is 11.6. The number of hydrogen-bond donors (Lipinski definition) is 1. The maximum absolute atomic E-state index is 13.2. The van der Waals surface area contributed by atoms with Crippen molar-refractivity contribution in [1.29, 1.82) is 0 Å². The summed E-state index contributed by atoms with van der Waals surface area (Å²) in [6.45, 7) is -0.0890. The molecule has 0 atom stereocenters. The van der Waals surface area contributed by atoms with Gasteiger partial charge in [-0.2, -0.15) is 0 Å². The van der Waals surface area contributed by atoms with Gasteiger partial charge in [-0.3, -0.25) is 9.59 Å². The Bertz CT molecular complexity index is 1380. The van der Waals surface area contributed by atoms with E-state index in [2.05, 4.69) is 9.97 Å². The quantitative estimate of drug-likeness (QED) is 0.457. The van der Waals surface area contributed by atoms with Crippen LogP contribution in [0.2, 0.25) is 0 Å². The van der Waals surface area contributed by atoms with Crippen molar-refractivity contribution in [1.82, 2.24) is 9.97 Å². The third-order valence-corrected chi connectivity index (χ3v) is 7.33. The molecule has 6 nitrogen and oxygen atoms in total. The van der Waals surface area contributed by atoms with Crippen molar-refractivity contribution in [3.05, 3.63) is 86.3 Å². The van der Waals surface area contributed by atoms with Crippen LogP contribution in [-0.2, 0) is 29.0 Å². The molecule has 1 aliphatic heterocycles. The Morgan fingerprint density at radius 2 is 1.75 bits per heavy atom. The number of aromatic nitrogens is 2. The molecule has 2 aromatic carbocycles. The van der Waals surface area contributed by atoms with Crippen molar-refractivity contribution in [2.45, 2.75) is 38.2 Å². The molecule has 2 aliphatic rings. The number of aryl methyl sites for hydroxylation is 2. The molecule has 0 unspecified atom stereocenters. The Labute approximate surface area is 187 Å². The highest BCUT2D eigenvalue weighted by Crippen LogP contribution is 2.44. The molecule has 0 bridgehead atoms. The minimum absolute atomic E-state index is 0.0890. The zero-order valence-electron chi connectivity index (χ0n) is 17.2. The van der Waals surface area contributed by atoms with Crippen LogP contribution in [0, 0.1) is 0 Å². The lowest BCUT2D eigenvalue weighted by Gasteiger charge is -2.26. The van der Waals surface area contributed by atoms with E-state index in [1.165, 1.54) is 4.88 Å². The highest BCUT2D eigenvalue weighted by atomic mass is 32.1. The largest absolute Gasteiger partial charge is 0.457 e. The summed E-state index contributed by atoms with van der Waals surface area (Å²) >= 11 is 1.58. The Hall–Kier alpha value is -3.45. The van der Waals surface area contributed by atoms with Gasteiger partial charge in [-0.25, -0.2) is 4.98 Å². The first kappa shape index (κ1) is 19.3. The van der Waals surface area contributed by atoms with Gasteiger partial charge >= 0.3 is 5.97 Å². The third-order valence-electron chi connectivity index (χ3n) is 6.14. The maximum atomic E-state index is 13.2. The highest BCUT2D eigenvalue weighted by molar-refractivity contribution is 7.18. The van der Waals surface area contributed by atoms with Gasteiger partial charge in [-0.05, 0) is 43.4 Å². The van der Waals surface area contributed by atoms with E-state index >= 15 is 0 Å². The van der Waals surface area contributed by atoms with Crippen LogP contribution in [-0.4, -0.2) is 15.9 Å². The summed E-state index contributed by atoms with van der Waals surface area (Å²) in [4.78, 5) is 35.4. The van der Waals surface area contributed by atoms with E-state index in [1.807, 2.05) is 48.5 Å². The van der Waals surface area contributed by atoms with Gasteiger partial charge in [0.05, 0.1) is 5.39 Å². The third kappa shape index (κ3) is 3.12. The van der Waals surface area contributed by atoms with Crippen molar-refractivity contribution in [2.24, 2.45) is 0 Å². The van der Waals surface area contributed by atoms with Crippen LogP contribution >= 0.6 is 11.3 Å². The molecule has 0 amide bonds. The van der Waals surface area contributed by atoms with Gasteiger partial charge in [0.15, 0.2) is 0 Å². The average Bonchev–Trinajstić information content (AvgIpc) is 3.20. The molecular formula is C25H20N2O4S. The summed E-state index contributed by atoms with van der Waals surface area (Å²) in [5.41, 5.74) is 2.52. The molecule has 0 saturated heterocycles. The van der Waals surface area contributed by atoms with Gasteiger partial charge in [0.2, 0.25) is 0 Å². The molecule has 6 rings (SSSR count). The molecule has 3 heterocycles. The smallest absolute Gasteiger partial charge is 0.318 e. The number of para-hydroxylation sites is 2. The van der Waals surface area contributed by atoms with E-state index in [0.29, 0.717) is 22.7 Å². The van der Waals surface area contributed by atoms with Crippen LogP contribution in [0.25, 0.3) is 10.2 Å². The Balaban J connectivity index is 1.30. The van der Waals surface area contributed by atoms with Gasteiger partial charge in [0.25, 0.3) is 5.56 Å². The second kappa shape index (κ2) is 7.60. The molecule has 0 saturated carbocycles. The first-order valence-electron chi connectivity index (χ1n) is 10.7. The van der Waals surface area contributed by atoms with Gasteiger partial charge in [0.1, 0.15) is 34.7 Å². The minimum atomic E-state index is -0.597. The zero-order chi connectivity index (χ0) is 21.7. The van der Waals surface area contributed by atoms with Crippen LogP contribution in [0.15, 0.2) is 53.3 Å². The first-order chi connectivity index (χ1) is 15.7. The fourth-order valence-electron chi connectivity index (χ4n) is 4.66. The zero-order valence-corrected chi connectivity index (χ0v) is 18.0. The number of carbonyl (C=O) groups is 1. The van der Waals surface area contributed by atoms with Gasteiger partial charge in [0, 0.05) is 16.0 Å². The topological polar surface area (TPSA) is 81.3 Å². The summed E-state index contributed by atoms with van der Waals surface area (Å²) in [6, 6.07) is 14.9. The van der Waals surface area contributed by atoms with Crippen LogP contribution < -0.4 is 10.3 Å². The fourth-order valence-corrected chi connectivity index (χ4v) is 5.94. The van der Waals surface area contributed by atoms with Crippen molar-refractivity contribution in [2.75, 3.05) is 0 Å². The Morgan fingerprint density at radius 3 is 2.50 bits per heavy atom. The predicted molar refractivity (Wildman–Crippen MR) is 121 cm³/mol. The van der Waals surface area contributed by atoms with E-state index in [4.69, 9.17) is 9.47 Å². The predicted octanol–water partition coefficient (Wildman–Crippen LogP) is 4.84. The SMILES string of the molecule is O=C(OCc1nc2sc3c(c2c(=O)[nH]1)CCCC3)C1c2ccccc2Oc2ccccc21. The molecule has 160 valence electrons. The number of esters is 1. The summed E-state index contributed by atoms with van der Waals surface area (Å²) in [6.07, 6.45) is 4.18. The van der Waals surface area contributed by atoms with Crippen LogP contribution in [0.1, 0.15) is 46.2 Å². The highest BCUT2D eigenvalue weighted by Gasteiger charge is 2.33. The fraction of sp³-hybridized carbons (Fsp3) is 0.240. The van der Waals surface area contributed by atoms with Crippen molar-refractivity contribution < 1.29 is 14.3 Å². The molecule has 0 spiro atoms. The Morgan fingerprint density at radius 1 is 1.06 bits per heavy atom. The molecule has 1 N–H and O–H groups in total. The monoisotopic (exact) mass is 444 g/mol. The van der Waals surface area contributed by atoms with Crippen LogP contribution in [0.5, 0.6) is 11.5 Å². The van der Waals surface area contributed by atoms with E-state index in [0.717, 1.165) is 47.2 Å². The molecule has 2 aromatic heterocycles. The number of thiophene rings is 1. The second-order valence-electron chi connectivity index (χ2n) is 8.12. The number of nitrogens with one attached hydrogen (secondary N) is 1. The lowest BCUT2D eigenvalue weighted by molar-refractivity contribution is -0.146. The van der Waals surface area contributed by atoms with Crippen LogP contribution in [0.3, 0.4) is 0 Å². The average molecular weight is 445 g/mol. The van der Waals surface area contributed by atoms with Crippen LogP contribution in [0.4, 0.5) is 0 Å². The normalized spacial score (nSPS) is 14.9. The number of fused-ring (bicyclic) bond motifs is 5. The second-order valence-corrected chi connectivity index (χ2v) is 9.21. The number of nitrogens with zero attached hydrogens (tertiary/aromatic N) is 1. The summed E-state index contributed by atoms with van der Waals surface area (Å²) < 4.78 is 11.6. The van der Waals surface area contributed by atoms with Gasteiger partial charge in [-0.1, -0.05) is 36.4 Å². The molecule has 4 aromatic rings. The van der Waals surface area contributed by atoms with E-state index in [9.17, 15) is 9.59 Å². The van der Waals surface area contributed by atoms with Crippen molar-refractivity contribution in [3.8, 4) is 11.5 Å². The van der Waals surface area contributed by atoms with Crippen molar-refractivity contribution >= 4 is 27.5 Å². The molecular weight excluding hydrogens is 424 g/mol. The number of ether oxygens (including phenoxy) is 2. The maximum Gasteiger partial charge on any atom is 0.318 e. The molecule has 32 heavy (non-hydrogen) atoms. The molecule has 0 radical (unpaired) electrons. The number of hydrogen-bond acceptors (Lipinski definition) is 6. The molecule has 7 heteroatoms. The van der Waals surface area contributed by atoms with E-state index in [-0.39, 0.29) is 12.2 Å². The minimum Gasteiger partial charge on any atom is -0.457 e. The number of rotatable bonds is 3. The number of carbonyl (C=O) groups excluding carboxylic acids is 1. The van der Waals surface area contributed by atoms with Gasteiger partial charge in [-0.15, -0.1) is 11.3 Å².